The highest BCUT2D eigenvalue weighted by Crippen LogP contribution is 2.51. The van der Waals surface area contributed by atoms with Crippen LogP contribution in [0.25, 0.3) is 0 Å². The largest absolute Gasteiger partial charge is 0.389 e. The third-order valence-corrected chi connectivity index (χ3v) is 10.1. The van der Waals surface area contributed by atoms with Crippen LogP contribution in [-0.4, -0.2) is 46.3 Å². The van der Waals surface area contributed by atoms with Gasteiger partial charge in [-0.1, -0.05) is 65.0 Å². The fraction of sp³-hybridized carbons (Fsp3) is 0.920. The number of unbranched alkanes of at least 4 members (excludes halogenated alkanes) is 4. The molecule has 5 heteroatoms. The van der Waals surface area contributed by atoms with Crippen LogP contribution >= 0.6 is 23.5 Å². The highest BCUT2D eigenvalue weighted by atomic mass is 32.2. The minimum atomic E-state index is -0.399. The summed E-state index contributed by atoms with van der Waals surface area (Å²) in [5.74, 6) is 3.05. The molecule has 1 N–H and O–H groups in total. The highest BCUT2D eigenvalue weighted by molar-refractivity contribution is 8.20. The Morgan fingerprint density at radius 1 is 1.03 bits per heavy atom. The lowest BCUT2D eigenvalue weighted by molar-refractivity contribution is -0.316. The summed E-state index contributed by atoms with van der Waals surface area (Å²) in [7, 11) is 0. The van der Waals surface area contributed by atoms with Gasteiger partial charge < -0.3 is 14.6 Å². The van der Waals surface area contributed by atoms with Gasteiger partial charge in [-0.25, -0.2) is 0 Å². The summed E-state index contributed by atoms with van der Waals surface area (Å²) < 4.78 is 13.7. The molecular weight excluding hydrogens is 412 g/mol. The Labute approximate surface area is 193 Å². The van der Waals surface area contributed by atoms with Gasteiger partial charge in [-0.15, -0.1) is 23.5 Å². The minimum absolute atomic E-state index is 0.106. The van der Waals surface area contributed by atoms with Crippen molar-refractivity contribution in [2.75, 3.05) is 24.7 Å². The van der Waals surface area contributed by atoms with Gasteiger partial charge in [0.05, 0.1) is 23.9 Å². The van der Waals surface area contributed by atoms with Crippen molar-refractivity contribution in [3.05, 3.63) is 12.2 Å². The van der Waals surface area contributed by atoms with E-state index in [1.807, 2.05) is 0 Å². The van der Waals surface area contributed by atoms with E-state index in [-0.39, 0.29) is 11.5 Å². The summed E-state index contributed by atoms with van der Waals surface area (Å²) in [5.41, 5.74) is 0.106. The molecule has 1 aliphatic carbocycles. The predicted octanol–water partition coefficient (Wildman–Crippen LogP) is 6.65. The molecular formula is C25H44O3S2. The molecule has 0 bridgehead atoms. The molecule has 2 saturated heterocycles. The summed E-state index contributed by atoms with van der Waals surface area (Å²) in [6.45, 7) is 8.27. The first kappa shape index (κ1) is 25.0. The zero-order valence-electron chi connectivity index (χ0n) is 19.4. The Balaban J connectivity index is 1.56. The highest BCUT2D eigenvalue weighted by Gasteiger charge is 2.52. The lowest BCUT2D eigenvalue weighted by Crippen LogP contribution is -2.50. The van der Waals surface area contributed by atoms with E-state index in [1.165, 1.54) is 43.6 Å². The summed E-state index contributed by atoms with van der Waals surface area (Å²) in [6, 6.07) is 0. The van der Waals surface area contributed by atoms with Crippen LogP contribution in [-0.2, 0) is 9.47 Å². The third kappa shape index (κ3) is 7.16. The number of allylic oxidation sites excluding steroid dienone is 1. The fourth-order valence-electron chi connectivity index (χ4n) is 5.04. The molecule has 0 aromatic carbocycles. The number of hydrogen-bond acceptors (Lipinski definition) is 5. The van der Waals surface area contributed by atoms with Crippen LogP contribution in [0.15, 0.2) is 12.2 Å². The molecule has 3 unspecified atom stereocenters. The van der Waals surface area contributed by atoms with Gasteiger partial charge in [0.1, 0.15) is 0 Å². The third-order valence-electron chi connectivity index (χ3n) is 6.91. The number of ether oxygens (including phenoxy) is 2. The average molecular weight is 457 g/mol. The van der Waals surface area contributed by atoms with E-state index in [1.54, 1.807) is 0 Å². The van der Waals surface area contributed by atoms with Crippen molar-refractivity contribution < 1.29 is 14.6 Å². The molecule has 3 atom stereocenters. The number of thioether (sulfide) groups is 2. The van der Waals surface area contributed by atoms with Gasteiger partial charge in [-0.3, -0.25) is 0 Å². The summed E-state index contributed by atoms with van der Waals surface area (Å²) in [4.78, 5) is 0. The molecule has 3 rings (SSSR count). The van der Waals surface area contributed by atoms with Gasteiger partial charge >= 0.3 is 0 Å². The second-order valence-corrected chi connectivity index (χ2v) is 13.2. The summed E-state index contributed by atoms with van der Waals surface area (Å²) in [6.07, 6.45) is 15.7. The Morgan fingerprint density at radius 3 is 2.43 bits per heavy atom. The Morgan fingerprint density at radius 2 is 1.73 bits per heavy atom. The summed E-state index contributed by atoms with van der Waals surface area (Å²) in [5, 5.41) is 10.5. The molecule has 1 spiro atoms. The monoisotopic (exact) mass is 456 g/mol. The number of hydrogen-bond donors (Lipinski definition) is 1. The first-order valence-corrected chi connectivity index (χ1v) is 14.4. The lowest BCUT2D eigenvalue weighted by atomic mass is 9.86. The second kappa shape index (κ2) is 12.0. The van der Waals surface area contributed by atoms with E-state index in [9.17, 15) is 5.11 Å². The average Bonchev–Trinajstić information content (AvgIpc) is 3.35. The quantitative estimate of drug-likeness (QED) is 0.278. The molecule has 174 valence electrons. The zero-order valence-corrected chi connectivity index (χ0v) is 21.1. The van der Waals surface area contributed by atoms with E-state index in [0.29, 0.717) is 11.8 Å². The van der Waals surface area contributed by atoms with Gasteiger partial charge in [0.25, 0.3) is 0 Å². The van der Waals surface area contributed by atoms with Crippen molar-refractivity contribution in [1.82, 2.24) is 0 Å². The number of aliphatic hydroxyl groups excluding tert-OH is 1. The van der Waals surface area contributed by atoms with Crippen LogP contribution in [0.1, 0.15) is 85.0 Å². The molecule has 0 aromatic rings. The lowest BCUT2D eigenvalue weighted by Gasteiger charge is -2.45. The molecule has 1 saturated carbocycles. The maximum Gasteiger partial charge on any atom is 0.171 e. The van der Waals surface area contributed by atoms with E-state index >= 15 is 0 Å². The zero-order chi connectivity index (χ0) is 21.5. The van der Waals surface area contributed by atoms with Gasteiger partial charge in [-0.05, 0) is 31.6 Å². The SMILES string of the molecule is CCCCCCCC(O)/C=C/C1CCC2(OCC(C)(C)CO2)C1CCC1SCCS1. The molecule has 30 heavy (non-hydrogen) atoms. The van der Waals surface area contributed by atoms with Crippen LogP contribution in [0.2, 0.25) is 0 Å². The molecule has 3 fully saturated rings. The molecule has 0 aromatic heterocycles. The van der Waals surface area contributed by atoms with E-state index in [2.05, 4.69) is 56.4 Å². The molecule has 0 amide bonds. The standard InChI is InChI=1S/C25H44O3S2/c1-4-5-6-7-8-9-21(26)11-10-20-14-15-25(27-18-24(2,3)19-28-25)22(20)12-13-23-29-16-17-30-23/h10-11,20-23,26H,4-9,12-19H2,1-3H3/b11-10+. The van der Waals surface area contributed by atoms with Crippen LogP contribution in [0.5, 0.6) is 0 Å². The van der Waals surface area contributed by atoms with E-state index in [4.69, 9.17) is 9.47 Å². The molecule has 2 aliphatic heterocycles. The van der Waals surface area contributed by atoms with E-state index in [0.717, 1.165) is 49.9 Å². The fourth-order valence-corrected chi connectivity index (χ4v) is 7.90. The summed E-state index contributed by atoms with van der Waals surface area (Å²) >= 11 is 4.24. The van der Waals surface area contributed by atoms with Gasteiger partial charge in [-0.2, -0.15) is 0 Å². The normalized spacial score (nSPS) is 29.9. The molecule has 2 heterocycles. The Kier molecular flexibility index (Phi) is 9.96. The number of rotatable bonds is 11. The molecule has 0 radical (unpaired) electrons. The van der Waals surface area contributed by atoms with Crippen LogP contribution in [0, 0.1) is 17.3 Å². The van der Waals surface area contributed by atoms with Crippen LogP contribution in [0.3, 0.4) is 0 Å². The van der Waals surface area contributed by atoms with Crippen LogP contribution < -0.4 is 0 Å². The van der Waals surface area contributed by atoms with Crippen molar-refractivity contribution in [2.24, 2.45) is 17.3 Å². The van der Waals surface area contributed by atoms with Crippen molar-refractivity contribution in [3.8, 4) is 0 Å². The topological polar surface area (TPSA) is 38.7 Å². The molecule has 3 nitrogen and oxygen atoms in total. The molecule has 3 aliphatic rings. The number of aliphatic hydroxyl groups is 1. The van der Waals surface area contributed by atoms with Crippen molar-refractivity contribution >= 4 is 23.5 Å². The predicted molar refractivity (Wildman–Crippen MR) is 131 cm³/mol. The maximum absolute atomic E-state index is 10.5. The maximum atomic E-state index is 10.5. The van der Waals surface area contributed by atoms with Gasteiger partial charge in [0, 0.05) is 29.3 Å². The Bertz CT molecular complexity index is 520. The van der Waals surface area contributed by atoms with Crippen molar-refractivity contribution in [3.63, 3.8) is 0 Å². The van der Waals surface area contributed by atoms with Crippen molar-refractivity contribution in [1.29, 1.82) is 0 Å². The van der Waals surface area contributed by atoms with Gasteiger partial charge in [0.2, 0.25) is 0 Å². The second-order valence-electron chi connectivity index (χ2n) is 10.3. The smallest absolute Gasteiger partial charge is 0.171 e. The minimum Gasteiger partial charge on any atom is -0.389 e. The Hall–Kier alpha value is 0.320. The van der Waals surface area contributed by atoms with E-state index < -0.39 is 5.79 Å². The van der Waals surface area contributed by atoms with Gasteiger partial charge in [0.15, 0.2) is 5.79 Å². The first-order chi connectivity index (χ1) is 14.4. The first-order valence-electron chi connectivity index (χ1n) is 12.3. The van der Waals surface area contributed by atoms with Crippen molar-refractivity contribution in [2.45, 2.75) is 101 Å². The van der Waals surface area contributed by atoms with Crippen LogP contribution in [0.4, 0.5) is 0 Å².